The molecular formula is C41H70O14. The second-order valence-corrected chi connectivity index (χ2v) is 20.3. The van der Waals surface area contributed by atoms with Crippen molar-refractivity contribution >= 4 is 0 Å². The summed E-state index contributed by atoms with van der Waals surface area (Å²) in [6, 6.07) is 0. The summed E-state index contributed by atoms with van der Waals surface area (Å²) in [6.45, 7) is 15.5. The Labute approximate surface area is 325 Å². The Bertz CT molecular complexity index is 1390. The molecule has 318 valence electrons. The molecule has 2 saturated heterocycles. The molecule has 6 fully saturated rings. The van der Waals surface area contributed by atoms with Crippen LogP contribution in [0.5, 0.6) is 0 Å². The van der Waals surface area contributed by atoms with Crippen LogP contribution in [0.1, 0.15) is 100 Å². The van der Waals surface area contributed by atoms with Crippen molar-refractivity contribution in [2.75, 3.05) is 13.2 Å². The van der Waals surface area contributed by atoms with Gasteiger partial charge in [0.15, 0.2) is 12.6 Å². The van der Waals surface area contributed by atoms with Gasteiger partial charge in [0.1, 0.15) is 42.7 Å². The van der Waals surface area contributed by atoms with Crippen LogP contribution in [0.25, 0.3) is 0 Å². The molecular weight excluding hydrogens is 716 g/mol. The monoisotopic (exact) mass is 786 g/mol. The SMILES string of the molecule is CC(C)(O)/C=C/C[C@](C)(O[C@@H]1O[C@H](CO[C@@H]2OC[C@@H](O)[C@@H](O)[C@@H]2O)[C@@H](O)[C@@H](O)[C@H]1O)[C@@H]1CC[C@]2(C)[C@H]1[C@H](O)C[C@H]1[C@@]3(C)C[C@@H](O)[C@H](O)C(C)(C)[C@@H]3CC[C@]12C. The lowest BCUT2D eigenvalue weighted by atomic mass is 9.35. The Hall–Kier alpha value is -0.820. The molecule has 20 atom stereocenters. The Morgan fingerprint density at radius 3 is 2.02 bits per heavy atom. The fraction of sp³-hybridized carbons (Fsp3) is 0.951. The van der Waals surface area contributed by atoms with E-state index in [4.69, 9.17) is 18.9 Å². The summed E-state index contributed by atoms with van der Waals surface area (Å²) >= 11 is 0. The van der Waals surface area contributed by atoms with Crippen LogP contribution in [0.15, 0.2) is 12.2 Å². The van der Waals surface area contributed by atoms with E-state index in [9.17, 15) is 51.1 Å². The van der Waals surface area contributed by atoms with E-state index in [1.165, 1.54) is 0 Å². The lowest BCUT2D eigenvalue weighted by Crippen LogP contribution is -2.68. The molecule has 2 heterocycles. The quantitative estimate of drug-likeness (QED) is 0.145. The molecule has 0 amide bonds. The highest BCUT2D eigenvalue weighted by atomic mass is 16.7. The van der Waals surface area contributed by atoms with E-state index in [-0.39, 0.29) is 52.9 Å². The van der Waals surface area contributed by atoms with Crippen molar-refractivity contribution in [3.05, 3.63) is 12.2 Å². The highest BCUT2D eigenvalue weighted by molar-refractivity contribution is 5.21. The van der Waals surface area contributed by atoms with Crippen LogP contribution in [-0.2, 0) is 18.9 Å². The first-order chi connectivity index (χ1) is 25.3. The molecule has 0 aromatic heterocycles. The molecule has 0 spiro atoms. The van der Waals surface area contributed by atoms with Crippen molar-refractivity contribution in [2.24, 2.45) is 45.3 Å². The molecule has 0 aromatic carbocycles. The maximum atomic E-state index is 12.4. The fourth-order valence-corrected chi connectivity index (χ4v) is 13.0. The summed E-state index contributed by atoms with van der Waals surface area (Å²) in [6.07, 6.45) is -7.91. The zero-order valence-corrected chi connectivity index (χ0v) is 33.9. The van der Waals surface area contributed by atoms with Crippen LogP contribution < -0.4 is 0 Å². The second kappa shape index (κ2) is 15.0. The van der Waals surface area contributed by atoms with Crippen LogP contribution >= 0.6 is 0 Å². The average Bonchev–Trinajstić information content (AvgIpc) is 3.48. The maximum Gasteiger partial charge on any atom is 0.187 e. The zero-order chi connectivity index (χ0) is 40.8. The molecule has 14 heteroatoms. The minimum atomic E-state index is -1.70. The van der Waals surface area contributed by atoms with Gasteiger partial charge in [-0.25, -0.2) is 0 Å². The molecule has 0 aromatic rings. The third-order valence-electron chi connectivity index (χ3n) is 16.1. The first kappa shape index (κ1) is 43.8. The fourth-order valence-electron chi connectivity index (χ4n) is 13.0. The Morgan fingerprint density at radius 2 is 1.36 bits per heavy atom. The van der Waals surface area contributed by atoms with E-state index >= 15 is 0 Å². The lowest BCUT2D eigenvalue weighted by molar-refractivity contribution is -0.345. The Balaban J connectivity index is 1.28. The molecule has 6 rings (SSSR count). The number of aliphatic hydroxyl groups is 10. The van der Waals surface area contributed by atoms with Gasteiger partial charge in [-0.05, 0) is 111 Å². The van der Waals surface area contributed by atoms with E-state index < -0.39 is 96.8 Å². The number of fused-ring (bicyclic) bond motifs is 5. The molecule has 0 unspecified atom stereocenters. The second-order valence-electron chi connectivity index (χ2n) is 20.3. The van der Waals surface area contributed by atoms with Gasteiger partial charge in [-0.2, -0.15) is 0 Å². The molecule has 10 N–H and O–H groups in total. The summed E-state index contributed by atoms with van der Waals surface area (Å²) < 4.78 is 23.9. The summed E-state index contributed by atoms with van der Waals surface area (Å²) in [5, 5.41) is 109. The summed E-state index contributed by atoms with van der Waals surface area (Å²) in [5.41, 5.74) is -3.65. The topological polar surface area (TPSA) is 239 Å². The van der Waals surface area contributed by atoms with E-state index in [0.29, 0.717) is 19.3 Å². The number of ether oxygens (including phenoxy) is 4. The minimum absolute atomic E-state index is 0.0781. The number of aliphatic hydroxyl groups excluding tert-OH is 9. The van der Waals surface area contributed by atoms with Crippen molar-refractivity contribution in [1.82, 2.24) is 0 Å². The van der Waals surface area contributed by atoms with E-state index in [1.807, 2.05) is 13.0 Å². The first-order valence-corrected chi connectivity index (χ1v) is 20.4. The van der Waals surface area contributed by atoms with Crippen molar-refractivity contribution in [2.45, 2.75) is 185 Å². The Morgan fingerprint density at radius 1 is 0.727 bits per heavy atom. The molecule has 14 nitrogen and oxygen atoms in total. The van der Waals surface area contributed by atoms with Crippen molar-refractivity contribution in [1.29, 1.82) is 0 Å². The number of hydrogen-bond donors (Lipinski definition) is 10. The van der Waals surface area contributed by atoms with Crippen LogP contribution in [0.2, 0.25) is 0 Å². The lowest BCUT2D eigenvalue weighted by Gasteiger charge is -2.71. The van der Waals surface area contributed by atoms with Gasteiger partial charge in [0.2, 0.25) is 0 Å². The van der Waals surface area contributed by atoms with Crippen LogP contribution in [0.4, 0.5) is 0 Å². The number of rotatable bonds is 9. The Kier molecular flexibility index (Phi) is 11.9. The molecule has 4 aliphatic carbocycles. The zero-order valence-electron chi connectivity index (χ0n) is 33.9. The van der Waals surface area contributed by atoms with Crippen LogP contribution in [-0.4, -0.2) is 149 Å². The number of hydrogen-bond acceptors (Lipinski definition) is 14. The van der Waals surface area contributed by atoms with Crippen LogP contribution in [0, 0.1) is 45.3 Å². The van der Waals surface area contributed by atoms with Crippen molar-refractivity contribution in [3.8, 4) is 0 Å². The summed E-state index contributed by atoms with van der Waals surface area (Å²) in [7, 11) is 0. The smallest absolute Gasteiger partial charge is 0.187 e. The standard InChI is InChI=1S/C41H70O14/c1-36(2,51)12-9-13-41(8,55-35-32(49)30(47)29(46)24(54-35)19-53-34-31(48)28(45)23(44)18-52-34)20-10-14-40(7)27(20)21(42)16-26-38(5)17-22(43)33(50)37(3,4)25(38)11-15-39(26,40)6/h9,12,20-35,42-51H,10-11,13-19H2,1-8H3/b12-9+/t20-,21-,22-,23-,24-,25+,26+,27-,28-,29-,30-,31+,32-,33+,34+,35+,38+,39-,40-,41+/m1/s1. The van der Waals surface area contributed by atoms with Gasteiger partial charge in [-0.3, -0.25) is 0 Å². The van der Waals surface area contributed by atoms with Crippen LogP contribution in [0.3, 0.4) is 0 Å². The van der Waals surface area contributed by atoms with Gasteiger partial charge >= 0.3 is 0 Å². The van der Waals surface area contributed by atoms with Gasteiger partial charge in [0.25, 0.3) is 0 Å². The van der Waals surface area contributed by atoms with Crippen molar-refractivity contribution < 1.29 is 70.0 Å². The summed E-state index contributed by atoms with van der Waals surface area (Å²) in [4.78, 5) is 0. The maximum absolute atomic E-state index is 12.4. The van der Waals surface area contributed by atoms with Crippen molar-refractivity contribution in [3.63, 3.8) is 0 Å². The molecule has 0 bridgehead atoms. The molecule has 2 aliphatic heterocycles. The predicted octanol–water partition coefficient (Wildman–Crippen LogP) is 0.730. The first-order valence-electron chi connectivity index (χ1n) is 20.4. The normalized spacial score (nSPS) is 52.6. The predicted molar refractivity (Wildman–Crippen MR) is 198 cm³/mol. The van der Waals surface area contributed by atoms with Gasteiger partial charge in [-0.1, -0.05) is 46.8 Å². The summed E-state index contributed by atoms with van der Waals surface area (Å²) in [5.74, 6) is -0.279. The molecule has 55 heavy (non-hydrogen) atoms. The molecule has 0 radical (unpaired) electrons. The molecule has 6 aliphatic rings. The van der Waals surface area contributed by atoms with E-state index in [2.05, 4.69) is 34.6 Å². The van der Waals surface area contributed by atoms with Gasteiger partial charge < -0.3 is 70.0 Å². The van der Waals surface area contributed by atoms with Gasteiger partial charge in [0, 0.05) is 0 Å². The van der Waals surface area contributed by atoms with E-state index in [1.54, 1.807) is 19.9 Å². The third kappa shape index (κ3) is 7.30. The van der Waals surface area contributed by atoms with E-state index in [0.717, 1.165) is 19.3 Å². The average molecular weight is 787 g/mol. The van der Waals surface area contributed by atoms with Gasteiger partial charge in [-0.15, -0.1) is 0 Å². The molecule has 4 saturated carbocycles. The third-order valence-corrected chi connectivity index (χ3v) is 16.1. The minimum Gasteiger partial charge on any atom is -0.393 e. The highest BCUT2D eigenvalue weighted by Crippen LogP contribution is 2.76. The largest absolute Gasteiger partial charge is 0.393 e. The highest BCUT2D eigenvalue weighted by Gasteiger charge is 2.72. The van der Waals surface area contributed by atoms with Gasteiger partial charge in [0.05, 0.1) is 42.7 Å².